The summed E-state index contributed by atoms with van der Waals surface area (Å²) in [6.45, 7) is 1.78. The average molecular weight is 395 g/mol. The van der Waals surface area contributed by atoms with Gasteiger partial charge in [0.1, 0.15) is 0 Å². The number of nitrogens with zero attached hydrogens (tertiary/aromatic N) is 3. The van der Waals surface area contributed by atoms with Gasteiger partial charge in [-0.05, 0) is 19.1 Å². The number of carbonyl (C=O) groups is 1. The standard InChI is InChI=1S/C19H17N5O3S/c1-11-8-18(27)24-12(10-28-19(24)20-11)9-17(26)21-14-5-3-2-4-13(14)15-6-7-16(25)23-22-15/h2-8,12H,9-10H2,1H3,(H,21,26)(H,23,25)/t12-/m0/s1. The van der Waals surface area contributed by atoms with Gasteiger partial charge in [0.15, 0.2) is 5.16 Å². The van der Waals surface area contributed by atoms with Crippen molar-refractivity contribution in [3.05, 3.63) is 68.9 Å². The van der Waals surface area contributed by atoms with Crippen LogP contribution in [0, 0.1) is 6.92 Å². The zero-order valence-corrected chi connectivity index (χ0v) is 15.8. The van der Waals surface area contributed by atoms with E-state index in [9.17, 15) is 14.4 Å². The van der Waals surface area contributed by atoms with E-state index < -0.39 is 0 Å². The largest absolute Gasteiger partial charge is 0.325 e. The summed E-state index contributed by atoms with van der Waals surface area (Å²) < 4.78 is 1.59. The van der Waals surface area contributed by atoms with E-state index in [0.29, 0.717) is 33.5 Å². The normalized spacial score (nSPS) is 15.2. The van der Waals surface area contributed by atoms with Gasteiger partial charge < -0.3 is 5.32 Å². The first-order valence-electron chi connectivity index (χ1n) is 8.69. The van der Waals surface area contributed by atoms with Crippen molar-refractivity contribution in [2.45, 2.75) is 24.5 Å². The Morgan fingerprint density at radius 3 is 2.89 bits per heavy atom. The minimum Gasteiger partial charge on any atom is -0.325 e. The number of H-pyrrole nitrogens is 1. The second kappa shape index (κ2) is 7.43. The number of anilines is 1. The molecule has 0 unspecified atom stereocenters. The molecule has 0 aliphatic carbocycles. The summed E-state index contributed by atoms with van der Waals surface area (Å²) in [5, 5.41) is 9.97. The van der Waals surface area contributed by atoms with Crippen LogP contribution in [-0.2, 0) is 4.79 Å². The summed E-state index contributed by atoms with van der Waals surface area (Å²) in [5.41, 5.74) is 2.08. The second-order valence-electron chi connectivity index (χ2n) is 6.46. The van der Waals surface area contributed by atoms with Gasteiger partial charge in [-0.15, -0.1) is 0 Å². The van der Waals surface area contributed by atoms with Crippen LogP contribution < -0.4 is 16.4 Å². The topological polar surface area (TPSA) is 110 Å². The summed E-state index contributed by atoms with van der Waals surface area (Å²) >= 11 is 1.48. The number of aromatic amines is 1. The summed E-state index contributed by atoms with van der Waals surface area (Å²) in [6, 6.07) is 11.5. The number of thioether (sulfide) groups is 1. The number of nitrogens with one attached hydrogen (secondary N) is 2. The number of hydrogen-bond donors (Lipinski definition) is 2. The molecule has 1 aromatic carbocycles. The van der Waals surface area contributed by atoms with E-state index in [4.69, 9.17) is 0 Å². The highest BCUT2D eigenvalue weighted by Gasteiger charge is 2.27. The van der Waals surface area contributed by atoms with Crippen LogP contribution in [0.25, 0.3) is 11.3 Å². The molecule has 0 fully saturated rings. The van der Waals surface area contributed by atoms with Crippen LogP contribution in [0.2, 0.25) is 0 Å². The number of rotatable bonds is 4. The maximum Gasteiger partial charge on any atom is 0.264 e. The first kappa shape index (κ1) is 18.2. The first-order chi connectivity index (χ1) is 13.5. The van der Waals surface area contributed by atoms with E-state index in [1.165, 1.54) is 23.9 Å². The Hall–Kier alpha value is -3.20. The fourth-order valence-electron chi connectivity index (χ4n) is 3.14. The van der Waals surface area contributed by atoms with Crippen molar-refractivity contribution in [2.24, 2.45) is 0 Å². The van der Waals surface area contributed by atoms with E-state index in [1.807, 2.05) is 18.2 Å². The molecular weight excluding hydrogens is 378 g/mol. The summed E-state index contributed by atoms with van der Waals surface area (Å²) in [5.74, 6) is 0.421. The molecule has 0 radical (unpaired) electrons. The molecule has 4 rings (SSSR count). The molecule has 0 saturated heterocycles. The van der Waals surface area contributed by atoms with Crippen LogP contribution in [0.5, 0.6) is 0 Å². The molecule has 142 valence electrons. The Balaban J connectivity index is 1.54. The van der Waals surface area contributed by atoms with Gasteiger partial charge in [-0.25, -0.2) is 10.1 Å². The number of para-hydroxylation sites is 1. The molecule has 0 saturated carbocycles. The average Bonchev–Trinajstić information content (AvgIpc) is 3.05. The lowest BCUT2D eigenvalue weighted by atomic mass is 10.1. The number of carbonyl (C=O) groups excluding carboxylic acids is 1. The fourth-order valence-corrected chi connectivity index (χ4v) is 4.33. The summed E-state index contributed by atoms with van der Waals surface area (Å²) in [7, 11) is 0. The van der Waals surface area contributed by atoms with Crippen molar-refractivity contribution in [3.8, 4) is 11.3 Å². The third kappa shape index (κ3) is 3.61. The molecule has 0 spiro atoms. The Bertz CT molecular complexity index is 1150. The van der Waals surface area contributed by atoms with Crippen molar-refractivity contribution in [3.63, 3.8) is 0 Å². The third-order valence-corrected chi connectivity index (χ3v) is 5.49. The molecule has 3 heterocycles. The van der Waals surface area contributed by atoms with E-state index in [2.05, 4.69) is 20.5 Å². The Morgan fingerprint density at radius 2 is 2.11 bits per heavy atom. The van der Waals surface area contributed by atoms with E-state index >= 15 is 0 Å². The van der Waals surface area contributed by atoms with Gasteiger partial charge in [0.2, 0.25) is 5.91 Å². The van der Waals surface area contributed by atoms with Crippen molar-refractivity contribution in [1.29, 1.82) is 0 Å². The zero-order valence-electron chi connectivity index (χ0n) is 15.0. The van der Waals surface area contributed by atoms with Gasteiger partial charge in [0.25, 0.3) is 11.1 Å². The highest BCUT2D eigenvalue weighted by Crippen LogP contribution is 2.32. The predicted molar refractivity (Wildman–Crippen MR) is 107 cm³/mol. The van der Waals surface area contributed by atoms with Gasteiger partial charge >= 0.3 is 0 Å². The molecule has 9 heteroatoms. The number of aryl methyl sites for hydroxylation is 1. The molecular formula is C19H17N5O3S. The molecule has 3 aromatic rings. The van der Waals surface area contributed by atoms with Gasteiger partial charge in [0.05, 0.1) is 17.4 Å². The van der Waals surface area contributed by atoms with Gasteiger partial charge in [-0.1, -0.05) is 30.0 Å². The van der Waals surface area contributed by atoms with Crippen molar-refractivity contribution in [2.75, 3.05) is 11.1 Å². The number of fused-ring (bicyclic) bond motifs is 1. The van der Waals surface area contributed by atoms with Crippen LogP contribution in [-0.4, -0.2) is 31.4 Å². The molecule has 2 aromatic heterocycles. The minimum atomic E-state index is -0.294. The Labute approximate surface area is 164 Å². The molecule has 1 amide bonds. The zero-order chi connectivity index (χ0) is 19.7. The number of aromatic nitrogens is 4. The van der Waals surface area contributed by atoms with Crippen LogP contribution in [0.4, 0.5) is 5.69 Å². The number of hydrogen-bond acceptors (Lipinski definition) is 6. The van der Waals surface area contributed by atoms with Gasteiger partial charge in [-0.3, -0.25) is 19.0 Å². The second-order valence-corrected chi connectivity index (χ2v) is 7.44. The summed E-state index contributed by atoms with van der Waals surface area (Å²) in [4.78, 5) is 40.6. The smallest absolute Gasteiger partial charge is 0.264 e. The van der Waals surface area contributed by atoms with Crippen LogP contribution in [0.15, 0.2) is 57.2 Å². The lowest BCUT2D eigenvalue weighted by Gasteiger charge is -2.15. The van der Waals surface area contributed by atoms with Crippen LogP contribution in [0.1, 0.15) is 18.2 Å². The Morgan fingerprint density at radius 1 is 1.29 bits per heavy atom. The molecule has 1 aliphatic rings. The van der Waals surface area contributed by atoms with Gasteiger partial charge in [-0.2, -0.15) is 5.10 Å². The fraction of sp³-hybridized carbons (Fsp3) is 0.211. The maximum absolute atomic E-state index is 12.7. The number of amides is 1. The Kier molecular flexibility index (Phi) is 4.82. The lowest BCUT2D eigenvalue weighted by molar-refractivity contribution is -0.116. The molecule has 1 atom stereocenters. The quantitative estimate of drug-likeness (QED) is 0.654. The molecule has 0 bridgehead atoms. The monoisotopic (exact) mass is 395 g/mol. The van der Waals surface area contributed by atoms with E-state index in [1.54, 1.807) is 23.6 Å². The van der Waals surface area contributed by atoms with Crippen molar-refractivity contribution >= 4 is 23.4 Å². The SMILES string of the molecule is Cc1cc(=O)n2c(n1)SC[C@@H]2CC(=O)Nc1ccccc1-c1ccc(=O)[nH]n1. The number of benzene rings is 1. The highest BCUT2D eigenvalue weighted by molar-refractivity contribution is 7.99. The van der Waals surface area contributed by atoms with Crippen molar-refractivity contribution in [1.82, 2.24) is 19.7 Å². The molecule has 8 nitrogen and oxygen atoms in total. The minimum absolute atomic E-state index is 0.136. The highest BCUT2D eigenvalue weighted by atomic mass is 32.2. The van der Waals surface area contributed by atoms with E-state index in [-0.39, 0.29) is 29.5 Å². The van der Waals surface area contributed by atoms with Crippen LogP contribution in [0.3, 0.4) is 0 Å². The van der Waals surface area contributed by atoms with Crippen molar-refractivity contribution < 1.29 is 4.79 Å². The van der Waals surface area contributed by atoms with E-state index in [0.717, 1.165) is 0 Å². The first-order valence-corrected chi connectivity index (χ1v) is 9.68. The summed E-state index contributed by atoms with van der Waals surface area (Å²) in [6.07, 6.45) is 0.165. The molecule has 2 N–H and O–H groups in total. The lowest BCUT2D eigenvalue weighted by Crippen LogP contribution is -2.27. The molecule has 28 heavy (non-hydrogen) atoms. The maximum atomic E-state index is 12.7. The molecule has 1 aliphatic heterocycles. The van der Waals surface area contributed by atoms with Crippen LogP contribution >= 0.6 is 11.8 Å². The predicted octanol–water partition coefficient (Wildman–Crippen LogP) is 1.98. The van der Waals surface area contributed by atoms with Gasteiger partial charge in [0, 0.05) is 35.6 Å². The third-order valence-electron chi connectivity index (χ3n) is 4.40.